The molecule has 0 fully saturated rings. The molecule has 5 heteroatoms. The summed E-state index contributed by atoms with van der Waals surface area (Å²) in [4.78, 5) is 24.2. The van der Waals surface area contributed by atoms with Gasteiger partial charge in [-0.25, -0.2) is 0 Å². The second-order valence-electron chi connectivity index (χ2n) is 7.36. The quantitative estimate of drug-likeness (QED) is 0.559. The molecule has 0 heterocycles. The van der Waals surface area contributed by atoms with Gasteiger partial charge in [-0.15, -0.1) is 0 Å². The maximum Gasteiger partial charge on any atom is 0.265 e. The number of hydrogen-bond acceptors (Lipinski definition) is 3. The lowest BCUT2D eigenvalue weighted by Gasteiger charge is -2.15. The lowest BCUT2D eigenvalue weighted by atomic mass is 10.1. The number of hydrogen-bond donors (Lipinski definition) is 2. The van der Waals surface area contributed by atoms with Crippen molar-refractivity contribution in [3.63, 3.8) is 0 Å². The minimum atomic E-state index is -0.659. The van der Waals surface area contributed by atoms with Crippen LogP contribution < -0.4 is 15.4 Å². The third-order valence-corrected chi connectivity index (χ3v) is 4.59. The van der Waals surface area contributed by atoms with Gasteiger partial charge in [0.05, 0.1) is 0 Å². The summed E-state index contributed by atoms with van der Waals surface area (Å²) < 4.78 is 5.77. The molecule has 1 atom stereocenters. The number of anilines is 2. The van der Waals surface area contributed by atoms with E-state index in [2.05, 4.69) is 10.6 Å². The molecule has 5 nitrogen and oxygen atoms in total. The smallest absolute Gasteiger partial charge is 0.265 e. The number of nitrogens with one attached hydrogen (secondary N) is 2. The van der Waals surface area contributed by atoms with Crippen LogP contribution in [-0.4, -0.2) is 17.9 Å². The van der Waals surface area contributed by atoms with Crippen LogP contribution in [0, 0.1) is 5.92 Å². The topological polar surface area (TPSA) is 67.4 Å². The summed E-state index contributed by atoms with van der Waals surface area (Å²) >= 11 is 0. The first-order valence-corrected chi connectivity index (χ1v) is 9.96. The van der Waals surface area contributed by atoms with Crippen LogP contribution in [0.1, 0.15) is 20.8 Å². The Bertz CT molecular complexity index is 981. The van der Waals surface area contributed by atoms with Gasteiger partial charge in [0.25, 0.3) is 5.91 Å². The van der Waals surface area contributed by atoms with Crippen molar-refractivity contribution < 1.29 is 14.3 Å². The molecule has 0 aliphatic rings. The summed E-state index contributed by atoms with van der Waals surface area (Å²) in [5.74, 6) is 0.237. The Hall–Kier alpha value is -3.60. The minimum absolute atomic E-state index is 0.0490. The fourth-order valence-electron chi connectivity index (χ4n) is 2.78. The minimum Gasteiger partial charge on any atom is -0.481 e. The Morgan fingerprint density at radius 2 is 1.17 bits per heavy atom. The molecule has 3 aromatic rings. The van der Waals surface area contributed by atoms with Gasteiger partial charge in [-0.2, -0.15) is 0 Å². The molecule has 30 heavy (non-hydrogen) atoms. The zero-order valence-electron chi connectivity index (χ0n) is 17.4. The van der Waals surface area contributed by atoms with Crippen LogP contribution in [0.25, 0.3) is 11.1 Å². The lowest BCUT2D eigenvalue weighted by Crippen LogP contribution is -2.30. The summed E-state index contributed by atoms with van der Waals surface area (Å²) in [5.41, 5.74) is 3.54. The van der Waals surface area contributed by atoms with Crippen molar-refractivity contribution in [3.8, 4) is 16.9 Å². The van der Waals surface area contributed by atoms with Crippen molar-refractivity contribution in [1.82, 2.24) is 0 Å². The number of benzene rings is 3. The second-order valence-corrected chi connectivity index (χ2v) is 7.36. The van der Waals surface area contributed by atoms with Crippen LogP contribution in [0.2, 0.25) is 0 Å². The maximum atomic E-state index is 12.5. The van der Waals surface area contributed by atoms with E-state index in [1.807, 2.05) is 68.4 Å². The van der Waals surface area contributed by atoms with Crippen molar-refractivity contribution >= 4 is 23.2 Å². The highest BCUT2D eigenvalue weighted by atomic mass is 16.5. The zero-order chi connectivity index (χ0) is 21.5. The fraction of sp³-hybridized carbons (Fsp3) is 0.200. The Balaban J connectivity index is 1.55. The van der Waals surface area contributed by atoms with Gasteiger partial charge in [0.15, 0.2) is 6.10 Å². The number of carbonyl (C=O) groups excluding carboxylic acids is 2. The molecule has 2 amide bonds. The number of rotatable bonds is 7. The molecule has 0 aliphatic carbocycles. The van der Waals surface area contributed by atoms with Crippen LogP contribution in [0.4, 0.5) is 11.4 Å². The summed E-state index contributed by atoms with van der Waals surface area (Å²) in [6.45, 7) is 5.37. The third-order valence-electron chi connectivity index (χ3n) is 4.59. The number of amides is 2. The Morgan fingerprint density at radius 1 is 0.667 bits per heavy atom. The molecule has 2 N–H and O–H groups in total. The lowest BCUT2D eigenvalue weighted by molar-refractivity contribution is -0.122. The van der Waals surface area contributed by atoms with Crippen LogP contribution in [-0.2, 0) is 9.59 Å². The number of carbonyl (C=O) groups is 2. The SMILES string of the molecule is CC(C)C(=O)Nc1ccc(NC(=O)C(C)Oc2ccc(-c3ccccc3)cc2)cc1. The third kappa shape index (κ3) is 5.70. The van der Waals surface area contributed by atoms with Gasteiger partial charge in [-0.3, -0.25) is 9.59 Å². The summed E-state index contributed by atoms with van der Waals surface area (Å²) in [5, 5.41) is 5.64. The van der Waals surface area contributed by atoms with Crippen molar-refractivity contribution in [1.29, 1.82) is 0 Å². The van der Waals surface area contributed by atoms with E-state index >= 15 is 0 Å². The molecule has 0 aliphatic heterocycles. The average molecular weight is 402 g/mol. The molecule has 0 spiro atoms. The van der Waals surface area contributed by atoms with Crippen molar-refractivity contribution in [2.24, 2.45) is 5.92 Å². The molecule has 154 valence electrons. The first-order valence-electron chi connectivity index (χ1n) is 9.96. The highest BCUT2D eigenvalue weighted by molar-refractivity contribution is 5.95. The molecule has 0 saturated carbocycles. The van der Waals surface area contributed by atoms with Crippen molar-refractivity contribution in [3.05, 3.63) is 78.9 Å². The standard InChI is InChI=1S/C25H26N2O3/c1-17(2)24(28)26-21-11-13-22(14-12-21)27-25(29)18(3)30-23-15-9-20(10-16-23)19-7-5-4-6-8-19/h4-18H,1-3H3,(H,26,28)(H,27,29). The van der Waals surface area contributed by atoms with Gasteiger partial charge in [0.1, 0.15) is 5.75 Å². The van der Waals surface area contributed by atoms with E-state index in [1.165, 1.54) is 0 Å². The van der Waals surface area contributed by atoms with E-state index in [9.17, 15) is 9.59 Å². The summed E-state index contributed by atoms with van der Waals surface area (Å²) in [6.07, 6.45) is -0.659. The van der Waals surface area contributed by atoms with E-state index in [1.54, 1.807) is 31.2 Å². The van der Waals surface area contributed by atoms with Crippen LogP contribution in [0.5, 0.6) is 5.75 Å². The predicted molar refractivity (Wildman–Crippen MR) is 121 cm³/mol. The fourth-order valence-corrected chi connectivity index (χ4v) is 2.78. The first kappa shape index (κ1) is 21.1. The maximum absolute atomic E-state index is 12.5. The van der Waals surface area contributed by atoms with E-state index in [0.717, 1.165) is 11.1 Å². The van der Waals surface area contributed by atoms with E-state index < -0.39 is 6.10 Å². The molecule has 0 saturated heterocycles. The van der Waals surface area contributed by atoms with Crippen molar-refractivity contribution in [2.45, 2.75) is 26.9 Å². The predicted octanol–water partition coefficient (Wildman–Crippen LogP) is 5.35. The molecule has 0 radical (unpaired) electrons. The molecular weight excluding hydrogens is 376 g/mol. The second kappa shape index (κ2) is 9.74. The van der Waals surface area contributed by atoms with Gasteiger partial charge in [-0.05, 0) is 54.4 Å². The highest BCUT2D eigenvalue weighted by Crippen LogP contribution is 2.23. The Labute approximate surface area is 177 Å². The summed E-state index contributed by atoms with van der Waals surface area (Å²) in [7, 11) is 0. The van der Waals surface area contributed by atoms with Gasteiger partial charge in [0, 0.05) is 17.3 Å². The van der Waals surface area contributed by atoms with E-state index in [0.29, 0.717) is 17.1 Å². The molecule has 3 aromatic carbocycles. The van der Waals surface area contributed by atoms with E-state index in [4.69, 9.17) is 4.74 Å². The van der Waals surface area contributed by atoms with Crippen LogP contribution >= 0.6 is 0 Å². The average Bonchev–Trinajstić information content (AvgIpc) is 2.76. The largest absolute Gasteiger partial charge is 0.481 e. The van der Waals surface area contributed by atoms with Gasteiger partial charge < -0.3 is 15.4 Å². The first-order chi connectivity index (χ1) is 14.4. The molecule has 1 unspecified atom stereocenters. The van der Waals surface area contributed by atoms with Crippen molar-refractivity contribution in [2.75, 3.05) is 10.6 Å². The molecule has 3 rings (SSSR count). The molecule has 0 bridgehead atoms. The molecular formula is C25H26N2O3. The van der Waals surface area contributed by atoms with Crippen LogP contribution in [0.15, 0.2) is 78.9 Å². The number of ether oxygens (including phenoxy) is 1. The monoisotopic (exact) mass is 402 g/mol. The summed E-state index contributed by atoms with van der Waals surface area (Å²) in [6, 6.07) is 24.7. The normalized spacial score (nSPS) is 11.6. The van der Waals surface area contributed by atoms with Crippen LogP contribution in [0.3, 0.4) is 0 Å². The Morgan fingerprint density at radius 3 is 1.70 bits per heavy atom. The van der Waals surface area contributed by atoms with E-state index in [-0.39, 0.29) is 17.7 Å². The zero-order valence-corrected chi connectivity index (χ0v) is 17.4. The van der Waals surface area contributed by atoms with Gasteiger partial charge in [-0.1, -0.05) is 56.3 Å². The van der Waals surface area contributed by atoms with Gasteiger partial charge in [0.2, 0.25) is 5.91 Å². The highest BCUT2D eigenvalue weighted by Gasteiger charge is 2.15. The molecule has 0 aromatic heterocycles. The van der Waals surface area contributed by atoms with Gasteiger partial charge >= 0.3 is 0 Å². The Kier molecular flexibility index (Phi) is 6.86.